The van der Waals surface area contributed by atoms with Gasteiger partial charge >= 0.3 is 6.09 Å². The largest absolute Gasteiger partial charge is 0.447 e. The van der Waals surface area contributed by atoms with Gasteiger partial charge in [0.15, 0.2) is 0 Å². The lowest BCUT2D eigenvalue weighted by molar-refractivity contribution is 0.176. The van der Waals surface area contributed by atoms with Crippen LogP contribution in [0.5, 0.6) is 0 Å². The van der Waals surface area contributed by atoms with Crippen molar-refractivity contribution >= 4 is 6.09 Å². The van der Waals surface area contributed by atoms with Gasteiger partial charge in [0.05, 0.1) is 6.04 Å². The molecule has 0 radical (unpaired) electrons. The molecule has 1 atom stereocenters. The number of hydrogen-bond acceptors (Lipinski definition) is 2. The number of carbonyl (C=O) groups is 1. The Balaban J connectivity index is 2.39. The highest BCUT2D eigenvalue weighted by atomic mass is 19.1. The molecule has 1 amide bonds. The van der Waals surface area contributed by atoms with Crippen LogP contribution in [0.2, 0.25) is 0 Å². The number of carbonyl (C=O) groups excluding carboxylic acids is 1. The molecule has 0 saturated carbocycles. The van der Waals surface area contributed by atoms with Crippen molar-refractivity contribution in [3.63, 3.8) is 0 Å². The van der Waals surface area contributed by atoms with Crippen LogP contribution in [0.15, 0.2) is 12.1 Å². The van der Waals surface area contributed by atoms with Crippen molar-refractivity contribution in [1.29, 1.82) is 0 Å². The van der Waals surface area contributed by atoms with Gasteiger partial charge in [-0.15, -0.1) is 0 Å². The summed E-state index contributed by atoms with van der Waals surface area (Å²) in [5, 5.41) is 2.21. The Labute approximate surface area is 82.8 Å². The zero-order chi connectivity index (χ0) is 11.0. The molecule has 3 nitrogen and oxygen atoms in total. The van der Waals surface area contributed by atoms with Crippen LogP contribution >= 0.6 is 0 Å². The molecular weight excluding hydrogens is 211 g/mol. The molecule has 80 valence electrons. The number of ether oxygens (including phenoxy) is 1. The Morgan fingerprint density at radius 3 is 2.33 bits per heavy atom. The molecule has 1 N–H and O–H groups in total. The number of halogens is 3. The Morgan fingerprint density at radius 2 is 1.87 bits per heavy atom. The molecule has 0 bridgehead atoms. The van der Waals surface area contributed by atoms with Gasteiger partial charge in [-0.05, 0) is 0 Å². The number of nitrogens with one attached hydrogen (secondary N) is 1. The first-order chi connectivity index (χ1) is 7.08. The molecule has 0 aromatic heterocycles. The average Bonchev–Trinajstić information content (AvgIpc) is 2.49. The number of amides is 1. The zero-order valence-corrected chi connectivity index (χ0v) is 7.39. The Kier molecular flexibility index (Phi) is 2.26. The lowest BCUT2D eigenvalue weighted by Gasteiger charge is -2.09. The predicted octanol–water partition coefficient (Wildman–Crippen LogP) is 1.88. The lowest BCUT2D eigenvalue weighted by Crippen LogP contribution is -2.20. The first-order valence-corrected chi connectivity index (χ1v) is 4.15. The van der Waals surface area contributed by atoms with E-state index in [1.807, 2.05) is 0 Å². The van der Waals surface area contributed by atoms with Gasteiger partial charge in [-0.1, -0.05) is 0 Å². The summed E-state index contributed by atoms with van der Waals surface area (Å²) in [6.07, 6.45) is -0.747. The van der Waals surface area contributed by atoms with E-state index >= 15 is 0 Å². The molecule has 0 unspecified atom stereocenters. The van der Waals surface area contributed by atoms with Crippen LogP contribution in [0, 0.1) is 17.5 Å². The predicted molar refractivity (Wildman–Crippen MR) is 43.5 cm³/mol. The fraction of sp³-hybridized carbons (Fsp3) is 0.222. The van der Waals surface area contributed by atoms with Gasteiger partial charge in [-0.25, -0.2) is 18.0 Å². The van der Waals surface area contributed by atoms with Gasteiger partial charge in [-0.3, -0.25) is 0 Å². The molecule has 0 spiro atoms. The summed E-state index contributed by atoms with van der Waals surface area (Å²) in [6.45, 7) is -0.168. The fourth-order valence-corrected chi connectivity index (χ4v) is 1.43. The quantitative estimate of drug-likeness (QED) is 0.779. The van der Waals surface area contributed by atoms with E-state index in [0.29, 0.717) is 12.1 Å². The second-order valence-electron chi connectivity index (χ2n) is 3.08. The van der Waals surface area contributed by atoms with Crippen molar-refractivity contribution in [2.45, 2.75) is 6.04 Å². The van der Waals surface area contributed by atoms with Gasteiger partial charge in [0.2, 0.25) is 0 Å². The maximum atomic E-state index is 13.2. The van der Waals surface area contributed by atoms with E-state index in [2.05, 4.69) is 10.1 Å². The van der Waals surface area contributed by atoms with Crippen molar-refractivity contribution in [2.24, 2.45) is 0 Å². The molecule has 1 aromatic carbocycles. The van der Waals surface area contributed by atoms with Crippen LogP contribution in [-0.4, -0.2) is 12.7 Å². The minimum Gasteiger partial charge on any atom is -0.447 e. The minimum absolute atomic E-state index is 0.168. The molecule has 1 saturated heterocycles. The number of hydrogen-bond donors (Lipinski definition) is 1. The summed E-state index contributed by atoms with van der Waals surface area (Å²) in [7, 11) is 0. The van der Waals surface area contributed by atoms with Gasteiger partial charge in [-0.2, -0.15) is 0 Å². The normalized spacial score (nSPS) is 19.9. The van der Waals surface area contributed by atoms with Crippen LogP contribution in [0.4, 0.5) is 18.0 Å². The van der Waals surface area contributed by atoms with Crippen LogP contribution in [0.25, 0.3) is 0 Å². The SMILES string of the molecule is O=C1N[C@H](c2c(F)cc(F)cc2F)CO1. The van der Waals surface area contributed by atoms with Crippen molar-refractivity contribution in [2.75, 3.05) is 6.61 Å². The molecule has 0 aliphatic carbocycles. The monoisotopic (exact) mass is 217 g/mol. The van der Waals surface area contributed by atoms with E-state index in [1.54, 1.807) is 0 Å². The third-order valence-electron chi connectivity index (χ3n) is 2.07. The summed E-state index contributed by atoms with van der Waals surface area (Å²) in [5.41, 5.74) is -0.387. The molecule has 1 heterocycles. The lowest BCUT2D eigenvalue weighted by atomic mass is 10.1. The average molecular weight is 217 g/mol. The van der Waals surface area contributed by atoms with Crippen LogP contribution in [-0.2, 0) is 4.74 Å². The second kappa shape index (κ2) is 3.45. The van der Waals surface area contributed by atoms with E-state index in [0.717, 1.165) is 0 Å². The van der Waals surface area contributed by atoms with Crippen molar-refractivity contribution in [1.82, 2.24) is 5.32 Å². The highest BCUT2D eigenvalue weighted by molar-refractivity contribution is 5.70. The van der Waals surface area contributed by atoms with Crippen LogP contribution in [0.1, 0.15) is 11.6 Å². The van der Waals surface area contributed by atoms with E-state index in [-0.39, 0.29) is 12.2 Å². The van der Waals surface area contributed by atoms with Crippen LogP contribution < -0.4 is 5.32 Å². The number of alkyl carbamates (subject to hydrolysis) is 1. The van der Waals surface area contributed by atoms with Crippen molar-refractivity contribution in [3.05, 3.63) is 35.1 Å². The molecule has 1 aliphatic rings. The van der Waals surface area contributed by atoms with Gasteiger partial charge in [0.25, 0.3) is 0 Å². The fourth-order valence-electron chi connectivity index (χ4n) is 1.43. The molecule has 2 rings (SSSR count). The Hall–Kier alpha value is -1.72. The summed E-state index contributed by atoms with van der Waals surface area (Å²) in [6, 6.07) is 0.212. The molecule has 1 aromatic rings. The zero-order valence-electron chi connectivity index (χ0n) is 7.39. The highest BCUT2D eigenvalue weighted by Crippen LogP contribution is 2.24. The van der Waals surface area contributed by atoms with Crippen molar-refractivity contribution < 1.29 is 22.7 Å². The molecule has 6 heteroatoms. The van der Waals surface area contributed by atoms with Crippen LogP contribution in [0.3, 0.4) is 0 Å². The minimum atomic E-state index is -1.04. The molecule has 1 fully saturated rings. The number of benzene rings is 1. The van der Waals surface area contributed by atoms with E-state index < -0.39 is 29.6 Å². The third kappa shape index (κ3) is 1.74. The van der Waals surface area contributed by atoms with E-state index in [1.165, 1.54) is 0 Å². The van der Waals surface area contributed by atoms with Gasteiger partial charge < -0.3 is 10.1 Å². The first kappa shape index (κ1) is 9.82. The number of rotatable bonds is 1. The van der Waals surface area contributed by atoms with Gasteiger partial charge in [0, 0.05) is 17.7 Å². The molecule has 15 heavy (non-hydrogen) atoms. The summed E-state index contributed by atoms with van der Waals surface area (Å²) < 4.78 is 43.5. The summed E-state index contributed by atoms with van der Waals surface area (Å²) in [4.78, 5) is 10.7. The smallest absolute Gasteiger partial charge is 0.407 e. The molecule has 1 aliphatic heterocycles. The second-order valence-corrected chi connectivity index (χ2v) is 3.08. The highest BCUT2D eigenvalue weighted by Gasteiger charge is 2.29. The van der Waals surface area contributed by atoms with Crippen molar-refractivity contribution in [3.8, 4) is 0 Å². The molecular formula is C9H6F3NO2. The van der Waals surface area contributed by atoms with E-state index in [4.69, 9.17) is 0 Å². The summed E-state index contributed by atoms with van der Waals surface area (Å²) >= 11 is 0. The number of cyclic esters (lactones) is 1. The van der Waals surface area contributed by atoms with Gasteiger partial charge in [0.1, 0.15) is 24.1 Å². The topological polar surface area (TPSA) is 38.3 Å². The Morgan fingerprint density at radius 1 is 1.27 bits per heavy atom. The first-order valence-electron chi connectivity index (χ1n) is 4.15. The third-order valence-corrected chi connectivity index (χ3v) is 2.07. The standard InChI is InChI=1S/C9H6F3NO2/c10-4-1-5(11)8(6(12)2-4)7-3-15-9(14)13-7/h1-2,7H,3H2,(H,13,14)/t7-/m0/s1. The van der Waals surface area contributed by atoms with E-state index in [9.17, 15) is 18.0 Å². The maximum Gasteiger partial charge on any atom is 0.407 e. The summed E-state index contributed by atoms with van der Waals surface area (Å²) in [5.74, 6) is -3.08. The maximum absolute atomic E-state index is 13.2. The Bertz CT molecular complexity index is 399.